The summed E-state index contributed by atoms with van der Waals surface area (Å²) in [5.74, 6) is -0.0488. The molecule has 0 bridgehead atoms. The Kier molecular flexibility index (Phi) is 10.7. The van der Waals surface area contributed by atoms with Crippen molar-refractivity contribution in [2.45, 2.75) is 20.3 Å². The van der Waals surface area contributed by atoms with Crippen molar-refractivity contribution in [1.29, 1.82) is 0 Å². The molecule has 5 heteroatoms. The molecule has 0 N–H and O–H groups in total. The summed E-state index contributed by atoms with van der Waals surface area (Å²) in [7, 11) is 1.34. The van der Waals surface area contributed by atoms with Crippen LogP contribution in [0.3, 0.4) is 0 Å². The van der Waals surface area contributed by atoms with Crippen LogP contribution in [-0.4, -0.2) is 32.3 Å². The van der Waals surface area contributed by atoms with E-state index in [2.05, 4.69) is 11.3 Å². The SMILES string of the molecule is C.C=CC(=O)OCCCCOc1ccc(C=CC(=O)OC)cc1. The fourth-order valence-corrected chi connectivity index (χ4v) is 1.53. The molecule has 0 aromatic heterocycles. The van der Waals surface area contributed by atoms with Crippen molar-refractivity contribution in [2.75, 3.05) is 20.3 Å². The van der Waals surface area contributed by atoms with Crippen LogP contribution in [0.5, 0.6) is 5.75 Å². The summed E-state index contributed by atoms with van der Waals surface area (Å²) < 4.78 is 14.9. The molecule has 5 nitrogen and oxygen atoms in total. The summed E-state index contributed by atoms with van der Waals surface area (Å²) in [6.45, 7) is 4.23. The van der Waals surface area contributed by atoms with Gasteiger partial charge in [-0.2, -0.15) is 0 Å². The van der Waals surface area contributed by atoms with Gasteiger partial charge in [0.05, 0.1) is 20.3 Å². The Bertz CT molecular complexity index is 517. The lowest BCUT2D eigenvalue weighted by molar-refractivity contribution is -0.138. The van der Waals surface area contributed by atoms with Gasteiger partial charge in [0.1, 0.15) is 5.75 Å². The fraction of sp³-hybridized carbons (Fsp3) is 0.333. The van der Waals surface area contributed by atoms with Gasteiger partial charge in [0.15, 0.2) is 0 Å². The summed E-state index contributed by atoms with van der Waals surface area (Å²) in [5, 5.41) is 0. The smallest absolute Gasteiger partial charge is 0.330 e. The lowest BCUT2D eigenvalue weighted by Gasteiger charge is -2.06. The maximum Gasteiger partial charge on any atom is 0.330 e. The standard InChI is InChI=1S/C17H20O5.CH4/c1-3-16(18)22-13-5-4-12-21-15-9-6-14(7-10-15)8-11-17(19)20-2;/h3,6-11H,1,4-5,12-13H2,2H3;1H4. The minimum absolute atomic E-state index is 0. The maximum atomic E-state index is 11.0. The van der Waals surface area contributed by atoms with Crippen LogP contribution < -0.4 is 4.74 Å². The van der Waals surface area contributed by atoms with Crippen LogP contribution in [-0.2, 0) is 19.1 Å². The highest BCUT2D eigenvalue weighted by atomic mass is 16.5. The number of hydrogen-bond acceptors (Lipinski definition) is 5. The minimum Gasteiger partial charge on any atom is -0.494 e. The van der Waals surface area contributed by atoms with E-state index in [1.165, 1.54) is 13.2 Å². The van der Waals surface area contributed by atoms with Gasteiger partial charge in [0.2, 0.25) is 0 Å². The Labute approximate surface area is 137 Å². The number of unbranched alkanes of at least 4 members (excludes halogenated alkanes) is 1. The van der Waals surface area contributed by atoms with E-state index in [9.17, 15) is 9.59 Å². The Morgan fingerprint density at radius 2 is 1.74 bits per heavy atom. The Morgan fingerprint density at radius 3 is 2.35 bits per heavy atom. The molecule has 0 atom stereocenters. The van der Waals surface area contributed by atoms with Crippen LogP contribution in [0.25, 0.3) is 6.08 Å². The zero-order valence-corrected chi connectivity index (χ0v) is 12.6. The third kappa shape index (κ3) is 9.14. The topological polar surface area (TPSA) is 61.8 Å². The number of carbonyl (C=O) groups is 2. The molecule has 0 aliphatic rings. The number of carbonyl (C=O) groups excluding carboxylic acids is 2. The molecule has 0 radical (unpaired) electrons. The number of benzene rings is 1. The van der Waals surface area contributed by atoms with E-state index in [0.29, 0.717) is 13.2 Å². The van der Waals surface area contributed by atoms with Crippen LogP contribution in [0.15, 0.2) is 43.0 Å². The molecular weight excluding hydrogens is 296 g/mol. The molecule has 0 heterocycles. The molecule has 23 heavy (non-hydrogen) atoms. The molecule has 126 valence electrons. The molecule has 0 unspecified atom stereocenters. The third-order valence-corrected chi connectivity index (χ3v) is 2.71. The van der Waals surface area contributed by atoms with E-state index in [1.807, 2.05) is 24.3 Å². The molecular formula is C18H24O5. The van der Waals surface area contributed by atoms with Crippen molar-refractivity contribution < 1.29 is 23.8 Å². The molecule has 0 aliphatic carbocycles. The molecule has 0 amide bonds. The highest BCUT2D eigenvalue weighted by molar-refractivity contribution is 5.86. The minimum atomic E-state index is -0.406. The van der Waals surface area contributed by atoms with Crippen LogP contribution >= 0.6 is 0 Å². The molecule has 0 saturated heterocycles. The first-order chi connectivity index (χ1) is 10.7. The van der Waals surface area contributed by atoms with Crippen LogP contribution in [0.1, 0.15) is 25.8 Å². The van der Waals surface area contributed by atoms with E-state index >= 15 is 0 Å². The van der Waals surface area contributed by atoms with E-state index in [4.69, 9.17) is 9.47 Å². The Hall–Kier alpha value is -2.56. The first-order valence-electron chi connectivity index (χ1n) is 6.94. The van der Waals surface area contributed by atoms with Crippen molar-refractivity contribution in [3.05, 3.63) is 48.6 Å². The normalized spacial score (nSPS) is 9.78. The van der Waals surface area contributed by atoms with Gasteiger partial charge in [-0.1, -0.05) is 26.1 Å². The van der Waals surface area contributed by atoms with E-state index in [-0.39, 0.29) is 7.43 Å². The molecule has 1 aromatic rings. The first-order valence-corrected chi connectivity index (χ1v) is 6.94. The fourth-order valence-electron chi connectivity index (χ4n) is 1.53. The van der Waals surface area contributed by atoms with Gasteiger partial charge >= 0.3 is 11.9 Å². The average Bonchev–Trinajstić information content (AvgIpc) is 2.56. The van der Waals surface area contributed by atoms with Gasteiger partial charge in [-0.25, -0.2) is 9.59 Å². The van der Waals surface area contributed by atoms with E-state index in [0.717, 1.165) is 30.2 Å². The van der Waals surface area contributed by atoms with Gasteiger partial charge in [-0.05, 0) is 36.6 Å². The second-order valence-electron chi connectivity index (χ2n) is 4.35. The summed E-state index contributed by atoms with van der Waals surface area (Å²) >= 11 is 0. The monoisotopic (exact) mass is 320 g/mol. The van der Waals surface area contributed by atoms with Crippen LogP contribution in [0.4, 0.5) is 0 Å². The first kappa shape index (κ1) is 20.4. The van der Waals surface area contributed by atoms with Crippen molar-refractivity contribution in [1.82, 2.24) is 0 Å². The van der Waals surface area contributed by atoms with Crippen molar-refractivity contribution in [3.63, 3.8) is 0 Å². The highest BCUT2D eigenvalue weighted by Gasteiger charge is 1.97. The van der Waals surface area contributed by atoms with Gasteiger partial charge in [0, 0.05) is 12.2 Å². The van der Waals surface area contributed by atoms with E-state index < -0.39 is 11.9 Å². The van der Waals surface area contributed by atoms with Gasteiger partial charge < -0.3 is 14.2 Å². The summed E-state index contributed by atoms with van der Waals surface area (Å²) in [6, 6.07) is 7.35. The quantitative estimate of drug-likeness (QED) is 0.396. The Morgan fingerprint density at radius 1 is 1.09 bits per heavy atom. The van der Waals surface area contributed by atoms with Gasteiger partial charge in [0.25, 0.3) is 0 Å². The number of methoxy groups -OCH3 is 1. The molecule has 0 saturated carbocycles. The molecule has 0 spiro atoms. The van der Waals surface area contributed by atoms with Gasteiger partial charge in [-0.15, -0.1) is 0 Å². The summed E-state index contributed by atoms with van der Waals surface area (Å²) in [6.07, 6.45) is 5.70. The van der Waals surface area contributed by atoms with Crippen LogP contribution in [0.2, 0.25) is 0 Å². The molecule has 0 aliphatic heterocycles. The number of rotatable bonds is 9. The van der Waals surface area contributed by atoms with Crippen LogP contribution in [0, 0.1) is 0 Å². The average molecular weight is 320 g/mol. The highest BCUT2D eigenvalue weighted by Crippen LogP contribution is 2.13. The van der Waals surface area contributed by atoms with Crippen molar-refractivity contribution >= 4 is 18.0 Å². The van der Waals surface area contributed by atoms with Crippen molar-refractivity contribution in [2.24, 2.45) is 0 Å². The maximum absolute atomic E-state index is 11.0. The largest absolute Gasteiger partial charge is 0.494 e. The lowest BCUT2D eigenvalue weighted by atomic mass is 10.2. The van der Waals surface area contributed by atoms with Gasteiger partial charge in [-0.3, -0.25) is 0 Å². The third-order valence-electron chi connectivity index (χ3n) is 2.71. The zero-order valence-electron chi connectivity index (χ0n) is 12.6. The lowest BCUT2D eigenvalue weighted by Crippen LogP contribution is -2.04. The predicted octanol–water partition coefficient (Wildman–Crippen LogP) is 3.40. The summed E-state index contributed by atoms with van der Waals surface area (Å²) in [4.78, 5) is 21.8. The predicted molar refractivity (Wildman–Crippen MR) is 90.1 cm³/mol. The van der Waals surface area contributed by atoms with Crippen molar-refractivity contribution in [3.8, 4) is 5.75 Å². The number of esters is 2. The molecule has 1 aromatic carbocycles. The molecule has 1 rings (SSSR count). The second kappa shape index (κ2) is 12.0. The number of ether oxygens (including phenoxy) is 3. The van der Waals surface area contributed by atoms with E-state index in [1.54, 1.807) is 6.08 Å². The second-order valence-corrected chi connectivity index (χ2v) is 4.35. The number of hydrogen-bond donors (Lipinski definition) is 0. The zero-order chi connectivity index (χ0) is 16.2. The Balaban J connectivity index is 0.00000484. The summed E-state index contributed by atoms with van der Waals surface area (Å²) in [5.41, 5.74) is 0.883. The molecule has 0 fully saturated rings.